The number of carbonyl (C=O) groups is 1. The van der Waals surface area contributed by atoms with Gasteiger partial charge < -0.3 is 19.7 Å². The summed E-state index contributed by atoms with van der Waals surface area (Å²) in [5, 5.41) is 4.06. The minimum atomic E-state index is 0. The Bertz CT molecular complexity index is 614. The first-order valence-corrected chi connectivity index (χ1v) is 8.70. The first-order valence-electron chi connectivity index (χ1n) is 8.32. The summed E-state index contributed by atoms with van der Waals surface area (Å²) in [7, 11) is 0. The third-order valence-corrected chi connectivity index (χ3v) is 5.13. The van der Waals surface area contributed by atoms with Crippen molar-refractivity contribution in [3.63, 3.8) is 0 Å². The van der Waals surface area contributed by atoms with E-state index in [2.05, 4.69) is 5.32 Å². The molecule has 1 saturated carbocycles. The molecule has 7 heteroatoms. The summed E-state index contributed by atoms with van der Waals surface area (Å²) in [6.07, 6.45) is 4.76. The SMILES string of the molecule is Cl.O=C(c1cc(Cl)c2c(c1)OCO2)N1CCC(NCC2CC2)CC1. The molecule has 1 amide bonds. The summed E-state index contributed by atoms with van der Waals surface area (Å²) in [5.74, 6) is 2.00. The lowest BCUT2D eigenvalue weighted by molar-refractivity contribution is 0.0704. The molecule has 1 aromatic carbocycles. The lowest BCUT2D eigenvalue weighted by Gasteiger charge is -2.32. The van der Waals surface area contributed by atoms with E-state index in [-0.39, 0.29) is 25.1 Å². The van der Waals surface area contributed by atoms with Crippen LogP contribution in [0.5, 0.6) is 11.5 Å². The van der Waals surface area contributed by atoms with Gasteiger partial charge in [0.2, 0.25) is 6.79 Å². The van der Waals surface area contributed by atoms with Gasteiger partial charge in [-0.05, 0) is 50.3 Å². The summed E-state index contributed by atoms with van der Waals surface area (Å²) >= 11 is 6.17. The second-order valence-electron chi connectivity index (χ2n) is 6.61. The molecule has 3 aliphatic rings. The lowest BCUT2D eigenvalue weighted by atomic mass is 10.0. The van der Waals surface area contributed by atoms with Crippen LogP contribution in [0.15, 0.2) is 12.1 Å². The van der Waals surface area contributed by atoms with E-state index in [1.165, 1.54) is 12.8 Å². The summed E-state index contributed by atoms with van der Waals surface area (Å²) < 4.78 is 10.6. The number of benzene rings is 1. The minimum Gasteiger partial charge on any atom is -0.454 e. The number of carbonyl (C=O) groups excluding carboxylic acids is 1. The normalized spacial score (nSPS) is 20.0. The van der Waals surface area contributed by atoms with Crippen molar-refractivity contribution >= 4 is 29.9 Å². The quantitative estimate of drug-likeness (QED) is 0.881. The van der Waals surface area contributed by atoms with Crippen LogP contribution >= 0.6 is 24.0 Å². The van der Waals surface area contributed by atoms with Gasteiger partial charge in [0.15, 0.2) is 11.5 Å². The Hall–Kier alpha value is -1.17. The molecule has 2 aliphatic heterocycles. The maximum atomic E-state index is 12.7. The number of rotatable bonds is 4. The van der Waals surface area contributed by atoms with Gasteiger partial charge in [-0.2, -0.15) is 0 Å². The Kier molecular flexibility index (Phi) is 5.42. The van der Waals surface area contributed by atoms with E-state index in [0.29, 0.717) is 28.1 Å². The maximum absolute atomic E-state index is 12.7. The monoisotopic (exact) mass is 372 g/mol. The van der Waals surface area contributed by atoms with Crippen LogP contribution in [0.3, 0.4) is 0 Å². The number of amides is 1. The van der Waals surface area contributed by atoms with E-state index in [1.807, 2.05) is 4.90 Å². The topological polar surface area (TPSA) is 50.8 Å². The number of likely N-dealkylation sites (tertiary alicyclic amines) is 1. The van der Waals surface area contributed by atoms with Crippen molar-refractivity contribution in [1.82, 2.24) is 10.2 Å². The van der Waals surface area contributed by atoms with Crippen LogP contribution in [-0.4, -0.2) is 43.3 Å². The molecule has 0 radical (unpaired) electrons. The van der Waals surface area contributed by atoms with E-state index >= 15 is 0 Å². The van der Waals surface area contributed by atoms with Gasteiger partial charge in [-0.1, -0.05) is 11.6 Å². The molecule has 24 heavy (non-hydrogen) atoms. The summed E-state index contributed by atoms with van der Waals surface area (Å²) in [6, 6.07) is 3.95. The fourth-order valence-electron chi connectivity index (χ4n) is 3.22. The van der Waals surface area contributed by atoms with E-state index in [4.69, 9.17) is 21.1 Å². The molecule has 132 valence electrons. The smallest absolute Gasteiger partial charge is 0.254 e. The number of hydrogen-bond donors (Lipinski definition) is 1. The van der Waals surface area contributed by atoms with Crippen LogP contribution < -0.4 is 14.8 Å². The molecule has 1 aromatic rings. The van der Waals surface area contributed by atoms with Crippen LogP contribution in [0.1, 0.15) is 36.0 Å². The van der Waals surface area contributed by atoms with Crippen LogP contribution in [0.2, 0.25) is 5.02 Å². The van der Waals surface area contributed by atoms with Gasteiger partial charge in [0, 0.05) is 24.7 Å². The largest absolute Gasteiger partial charge is 0.454 e. The van der Waals surface area contributed by atoms with E-state index < -0.39 is 0 Å². The predicted octanol–water partition coefficient (Wildman–Crippen LogP) is 3.09. The van der Waals surface area contributed by atoms with Crippen molar-refractivity contribution in [1.29, 1.82) is 0 Å². The van der Waals surface area contributed by atoms with Gasteiger partial charge in [-0.15, -0.1) is 12.4 Å². The Morgan fingerprint density at radius 1 is 1.21 bits per heavy atom. The van der Waals surface area contributed by atoms with Crippen LogP contribution in [0.4, 0.5) is 0 Å². The Morgan fingerprint density at radius 2 is 1.96 bits per heavy atom. The second-order valence-corrected chi connectivity index (χ2v) is 7.02. The molecule has 5 nitrogen and oxygen atoms in total. The molecule has 0 unspecified atom stereocenters. The van der Waals surface area contributed by atoms with Gasteiger partial charge in [-0.3, -0.25) is 4.79 Å². The molecular formula is C17H22Cl2N2O3. The number of fused-ring (bicyclic) bond motifs is 1. The van der Waals surface area contributed by atoms with Crippen molar-refractivity contribution in [2.45, 2.75) is 31.7 Å². The highest BCUT2D eigenvalue weighted by atomic mass is 35.5. The van der Waals surface area contributed by atoms with Crippen LogP contribution in [0, 0.1) is 5.92 Å². The molecule has 1 aliphatic carbocycles. The predicted molar refractivity (Wildman–Crippen MR) is 94.5 cm³/mol. The molecule has 0 aromatic heterocycles. The lowest BCUT2D eigenvalue weighted by Crippen LogP contribution is -2.45. The molecule has 1 N–H and O–H groups in total. The van der Waals surface area contributed by atoms with Crippen LogP contribution in [-0.2, 0) is 0 Å². The molecule has 4 rings (SSSR count). The van der Waals surface area contributed by atoms with Crippen molar-refractivity contribution < 1.29 is 14.3 Å². The van der Waals surface area contributed by atoms with Gasteiger partial charge in [0.1, 0.15) is 0 Å². The Balaban J connectivity index is 0.00000169. The molecular weight excluding hydrogens is 351 g/mol. The number of nitrogens with one attached hydrogen (secondary N) is 1. The first kappa shape index (κ1) is 17.6. The Morgan fingerprint density at radius 3 is 2.67 bits per heavy atom. The fourth-order valence-corrected chi connectivity index (χ4v) is 3.48. The summed E-state index contributed by atoms with van der Waals surface area (Å²) in [4.78, 5) is 14.6. The number of piperidine rings is 1. The van der Waals surface area contributed by atoms with Crippen LogP contribution in [0.25, 0.3) is 0 Å². The van der Waals surface area contributed by atoms with Gasteiger partial charge in [0.25, 0.3) is 5.91 Å². The summed E-state index contributed by atoms with van der Waals surface area (Å²) in [5.41, 5.74) is 0.573. The van der Waals surface area contributed by atoms with Crippen molar-refractivity contribution in [2.24, 2.45) is 5.92 Å². The number of halogens is 2. The van der Waals surface area contributed by atoms with E-state index in [1.54, 1.807) is 12.1 Å². The van der Waals surface area contributed by atoms with Gasteiger partial charge in [-0.25, -0.2) is 0 Å². The average Bonchev–Trinajstić information content (AvgIpc) is 3.28. The van der Waals surface area contributed by atoms with E-state index in [0.717, 1.165) is 38.4 Å². The van der Waals surface area contributed by atoms with E-state index in [9.17, 15) is 4.79 Å². The first-order chi connectivity index (χ1) is 11.2. The molecule has 0 atom stereocenters. The maximum Gasteiger partial charge on any atom is 0.254 e. The van der Waals surface area contributed by atoms with Gasteiger partial charge in [0.05, 0.1) is 5.02 Å². The average molecular weight is 373 g/mol. The van der Waals surface area contributed by atoms with Gasteiger partial charge >= 0.3 is 0 Å². The second kappa shape index (κ2) is 7.38. The highest BCUT2D eigenvalue weighted by Crippen LogP contribution is 2.40. The zero-order valence-corrected chi connectivity index (χ0v) is 15.0. The third kappa shape index (κ3) is 3.73. The number of hydrogen-bond acceptors (Lipinski definition) is 4. The fraction of sp³-hybridized carbons (Fsp3) is 0.588. The standard InChI is InChI=1S/C17H21ClN2O3.ClH/c18-14-7-12(8-15-16(14)23-10-22-15)17(21)20-5-3-13(4-6-20)19-9-11-1-2-11;/h7-8,11,13,19H,1-6,9-10H2;1H. The van der Waals surface area contributed by atoms with Crippen molar-refractivity contribution in [2.75, 3.05) is 26.4 Å². The molecule has 1 saturated heterocycles. The zero-order chi connectivity index (χ0) is 15.8. The molecule has 2 heterocycles. The minimum absolute atomic E-state index is 0. The highest BCUT2D eigenvalue weighted by molar-refractivity contribution is 6.32. The zero-order valence-electron chi connectivity index (χ0n) is 13.4. The summed E-state index contributed by atoms with van der Waals surface area (Å²) in [6.45, 7) is 2.86. The molecule has 0 spiro atoms. The highest BCUT2D eigenvalue weighted by Gasteiger charge is 2.28. The number of ether oxygens (including phenoxy) is 2. The Labute approximate surface area is 153 Å². The third-order valence-electron chi connectivity index (χ3n) is 4.85. The number of nitrogens with zero attached hydrogens (tertiary/aromatic N) is 1. The molecule has 2 fully saturated rings. The molecule has 0 bridgehead atoms. The van der Waals surface area contributed by atoms with Crippen molar-refractivity contribution in [3.05, 3.63) is 22.7 Å². The van der Waals surface area contributed by atoms with Crippen molar-refractivity contribution in [3.8, 4) is 11.5 Å².